The second-order valence-electron chi connectivity index (χ2n) is 5.21. The maximum Gasteiger partial charge on any atom is 0.271 e. The summed E-state index contributed by atoms with van der Waals surface area (Å²) in [5, 5.41) is 14.1. The number of nitro benzene ring substituents is 1. The number of aromatic amines is 1. The summed E-state index contributed by atoms with van der Waals surface area (Å²) in [5.74, 6) is 0.0487. The Kier molecular flexibility index (Phi) is 4.48. The Morgan fingerprint density at radius 1 is 1.33 bits per heavy atom. The number of rotatable bonds is 5. The molecule has 0 fully saturated rings. The maximum absolute atomic E-state index is 12.0. The fourth-order valence-corrected chi connectivity index (χ4v) is 2.89. The van der Waals surface area contributed by atoms with Crippen molar-refractivity contribution in [1.29, 1.82) is 0 Å². The number of hydrogen-bond donors (Lipinski definition) is 2. The Hall–Kier alpha value is -2.87. The van der Waals surface area contributed by atoms with Crippen LogP contribution < -0.4 is 5.32 Å². The number of fused-ring (bicyclic) bond motifs is 1. The molecule has 1 amide bonds. The number of non-ortho nitro benzene ring substituents is 1. The van der Waals surface area contributed by atoms with Crippen molar-refractivity contribution < 1.29 is 9.72 Å². The lowest BCUT2D eigenvalue weighted by atomic mass is 10.2. The van der Waals surface area contributed by atoms with Gasteiger partial charge in [0, 0.05) is 17.8 Å². The van der Waals surface area contributed by atoms with Crippen LogP contribution in [0, 0.1) is 17.0 Å². The SMILES string of the molecule is Cc1cccc(NC(=O)CSc2nc3ccc([N+](=O)[O-])cc3[nH]2)c1. The van der Waals surface area contributed by atoms with Crippen LogP contribution in [-0.4, -0.2) is 26.6 Å². The number of carbonyl (C=O) groups is 1. The molecule has 0 aliphatic carbocycles. The molecule has 0 atom stereocenters. The van der Waals surface area contributed by atoms with Crippen molar-refractivity contribution in [2.24, 2.45) is 0 Å². The lowest BCUT2D eigenvalue weighted by Crippen LogP contribution is -2.14. The highest BCUT2D eigenvalue weighted by atomic mass is 32.2. The average Bonchev–Trinajstić information content (AvgIpc) is 2.95. The molecule has 0 radical (unpaired) electrons. The van der Waals surface area contributed by atoms with Crippen LogP contribution >= 0.6 is 11.8 Å². The van der Waals surface area contributed by atoms with Crippen LogP contribution in [0.2, 0.25) is 0 Å². The molecule has 122 valence electrons. The number of nitrogens with zero attached hydrogens (tertiary/aromatic N) is 2. The molecule has 1 aromatic heterocycles. The average molecular weight is 342 g/mol. The molecule has 8 heteroatoms. The molecular formula is C16H14N4O3S. The van der Waals surface area contributed by atoms with E-state index in [9.17, 15) is 14.9 Å². The van der Waals surface area contributed by atoms with Gasteiger partial charge in [0.1, 0.15) is 0 Å². The maximum atomic E-state index is 12.0. The number of benzene rings is 2. The molecule has 1 heterocycles. The largest absolute Gasteiger partial charge is 0.333 e. The predicted octanol–water partition coefficient (Wildman–Crippen LogP) is 3.51. The molecule has 7 nitrogen and oxygen atoms in total. The summed E-state index contributed by atoms with van der Waals surface area (Å²) >= 11 is 1.24. The summed E-state index contributed by atoms with van der Waals surface area (Å²) < 4.78 is 0. The van der Waals surface area contributed by atoms with Crippen LogP contribution in [0.25, 0.3) is 11.0 Å². The minimum atomic E-state index is -0.456. The number of H-pyrrole nitrogens is 1. The number of aromatic nitrogens is 2. The first-order valence-electron chi connectivity index (χ1n) is 7.15. The summed E-state index contributed by atoms with van der Waals surface area (Å²) in [6, 6.07) is 12.0. The third-order valence-electron chi connectivity index (χ3n) is 3.30. The van der Waals surface area contributed by atoms with E-state index >= 15 is 0 Å². The number of amides is 1. The topological polar surface area (TPSA) is 101 Å². The number of nitro groups is 1. The first kappa shape index (κ1) is 16.0. The molecule has 0 saturated carbocycles. The monoisotopic (exact) mass is 342 g/mol. The van der Waals surface area contributed by atoms with Crippen LogP contribution in [0.4, 0.5) is 11.4 Å². The summed E-state index contributed by atoms with van der Waals surface area (Å²) in [4.78, 5) is 29.6. The molecule has 0 bridgehead atoms. The molecule has 3 aromatic rings. The highest BCUT2D eigenvalue weighted by molar-refractivity contribution is 7.99. The van der Waals surface area contributed by atoms with E-state index in [-0.39, 0.29) is 17.3 Å². The third-order valence-corrected chi connectivity index (χ3v) is 4.17. The molecule has 2 N–H and O–H groups in total. The molecular weight excluding hydrogens is 328 g/mol. The van der Waals surface area contributed by atoms with Gasteiger partial charge in [0.25, 0.3) is 5.69 Å². The van der Waals surface area contributed by atoms with Crippen LogP contribution in [0.1, 0.15) is 5.56 Å². The molecule has 2 aromatic carbocycles. The second-order valence-corrected chi connectivity index (χ2v) is 6.17. The van der Waals surface area contributed by atoms with Crippen molar-refractivity contribution in [3.8, 4) is 0 Å². The van der Waals surface area contributed by atoms with Crippen molar-refractivity contribution in [3.63, 3.8) is 0 Å². The van der Waals surface area contributed by atoms with E-state index in [0.29, 0.717) is 16.2 Å². The van der Waals surface area contributed by atoms with E-state index < -0.39 is 4.92 Å². The van der Waals surface area contributed by atoms with Gasteiger partial charge in [-0.25, -0.2) is 4.98 Å². The van der Waals surface area contributed by atoms with Gasteiger partial charge >= 0.3 is 0 Å². The predicted molar refractivity (Wildman–Crippen MR) is 93.3 cm³/mol. The highest BCUT2D eigenvalue weighted by Crippen LogP contribution is 2.23. The van der Waals surface area contributed by atoms with E-state index in [1.807, 2.05) is 31.2 Å². The Labute approximate surface area is 141 Å². The highest BCUT2D eigenvalue weighted by Gasteiger charge is 2.11. The van der Waals surface area contributed by atoms with Gasteiger partial charge in [-0.1, -0.05) is 23.9 Å². The number of carbonyl (C=O) groups excluding carboxylic acids is 1. The van der Waals surface area contributed by atoms with Gasteiger partial charge in [0.2, 0.25) is 5.91 Å². The first-order valence-corrected chi connectivity index (χ1v) is 8.13. The lowest BCUT2D eigenvalue weighted by Gasteiger charge is -2.04. The van der Waals surface area contributed by atoms with Gasteiger partial charge in [0.05, 0.1) is 21.7 Å². The fraction of sp³-hybridized carbons (Fsp3) is 0.125. The van der Waals surface area contributed by atoms with Crippen molar-refractivity contribution in [1.82, 2.24) is 9.97 Å². The Morgan fingerprint density at radius 2 is 2.17 bits per heavy atom. The summed E-state index contributed by atoms with van der Waals surface area (Å²) in [6.07, 6.45) is 0. The normalized spacial score (nSPS) is 10.7. The van der Waals surface area contributed by atoms with Gasteiger partial charge in [-0.3, -0.25) is 14.9 Å². The molecule has 0 saturated heterocycles. The summed E-state index contributed by atoms with van der Waals surface area (Å²) in [5.41, 5.74) is 3.02. The van der Waals surface area contributed by atoms with Crippen molar-refractivity contribution >= 4 is 40.1 Å². The number of anilines is 1. The number of aryl methyl sites for hydroxylation is 1. The van der Waals surface area contributed by atoms with Gasteiger partial charge in [-0.2, -0.15) is 0 Å². The number of hydrogen-bond acceptors (Lipinski definition) is 5. The summed E-state index contributed by atoms with van der Waals surface area (Å²) in [7, 11) is 0. The van der Waals surface area contributed by atoms with E-state index in [1.54, 1.807) is 6.07 Å². The molecule has 0 aliphatic rings. The van der Waals surface area contributed by atoms with Crippen LogP contribution in [0.3, 0.4) is 0 Å². The molecule has 0 spiro atoms. The minimum absolute atomic E-state index is 0.000101. The van der Waals surface area contributed by atoms with Crippen LogP contribution in [-0.2, 0) is 4.79 Å². The minimum Gasteiger partial charge on any atom is -0.333 e. The van der Waals surface area contributed by atoms with Crippen molar-refractivity contribution in [2.75, 3.05) is 11.1 Å². The second kappa shape index (κ2) is 6.71. The quantitative estimate of drug-likeness (QED) is 0.420. The van der Waals surface area contributed by atoms with Crippen LogP contribution in [0.15, 0.2) is 47.6 Å². The number of imidazole rings is 1. The zero-order chi connectivity index (χ0) is 17.1. The van der Waals surface area contributed by atoms with Crippen LogP contribution in [0.5, 0.6) is 0 Å². The molecule has 24 heavy (non-hydrogen) atoms. The zero-order valence-corrected chi connectivity index (χ0v) is 13.6. The van der Waals surface area contributed by atoms with Crippen molar-refractivity contribution in [2.45, 2.75) is 12.1 Å². The zero-order valence-electron chi connectivity index (χ0n) is 12.8. The van der Waals surface area contributed by atoms with Gasteiger partial charge in [-0.15, -0.1) is 0 Å². The van der Waals surface area contributed by atoms with E-state index in [1.165, 1.54) is 23.9 Å². The standard InChI is InChI=1S/C16H14N4O3S/c1-10-3-2-4-11(7-10)17-15(21)9-24-16-18-13-6-5-12(20(22)23)8-14(13)19-16/h2-8H,9H2,1H3,(H,17,21)(H,18,19). The Balaban J connectivity index is 1.64. The third kappa shape index (κ3) is 3.72. The van der Waals surface area contributed by atoms with E-state index in [4.69, 9.17) is 0 Å². The van der Waals surface area contributed by atoms with Gasteiger partial charge < -0.3 is 10.3 Å². The van der Waals surface area contributed by atoms with E-state index in [0.717, 1.165) is 11.3 Å². The lowest BCUT2D eigenvalue weighted by molar-refractivity contribution is -0.384. The Morgan fingerprint density at radius 3 is 2.92 bits per heavy atom. The smallest absolute Gasteiger partial charge is 0.271 e. The van der Waals surface area contributed by atoms with Gasteiger partial charge in [0.15, 0.2) is 5.16 Å². The number of nitrogens with one attached hydrogen (secondary N) is 2. The van der Waals surface area contributed by atoms with Gasteiger partial charge in [-0.05, 0) is 30.7 Å². The Bertz CT molecular complexity index is 923. The van der Waals surface area contributed by atoms with Crippen molar-refractivity contribution in [3.05, 3.63) is 58.1 Å². The molecule has 0 unspecified atom stereocenters. The number of thioether (sulfide) groups is 1. The van der Waals surface area contributed by atoms with E-state index in [2.05, 4.69) is 15.3 Å². The first-order chi connectivity index (χ1) is 11.5. The molecule has 3 rings (SSSR count). The molecule has 0 aliphatic heterocycles. The summed E-state index contributed by atoms with van der Waals surface area (Å²) in [6.45, 7) is 1.96. The fourth-order valence-electron chi connectivity index (χ4n) is 2.21.